The van der Waals surface area contributed by atoms with Gasteiger partial charge < -0.3 is 25.4 Å². The monoisotopic (exact) mass is 415 g/mol. The van der Waals surface area contributed by atoms with E-state index in [0.717, 1.165) is 5.75 Å². The first-order chi connectivity index (χ1) is 14.0. The minimum absolute atomic E-state index is 0.132. The number of amides is 1. The minimum Gasteiger partial charge on any atom is -0.497 e. The first-order valence-corrected chi connectivity index (χ1v) is 9.54. The van der Waals surface area contributed by atoms with E-state index >= 15 is 0 Å². The number of benzene rings is 2. The molecule has 0 saturated carbocycles. The highest BCUT2D eigenvalue weighted by Gasteiger charge is 2.16. The second kappa shape index (κ2) is 9.20. The van der Waals surface area contributed by atoms with Crippen molar-refractivity contribution in [2.75, 3.05) is 38.2 Å². The van der Waals surface area contributed by atoms with Gasteiger partial charge in [-0.05, 0) is 42.5 Å². The number of carbonyl (C=O) groups excluding carboxylic acids is 1. The SMILES string of the molecule is COc1ccc(NC(=O)CSc2nnc(-c3ccc(OC)c(OC)c3)n2N)cc1. The van der Waals surface area contributed by atoms with E-state index in [4.69, 9.17) is 20.1 Å². The molecule has 152 valence electrons. The van der Waals surface area contributed by atoms with Crippen LogP contribution in [0.25, 0.3) is 11.4 Å². The van der Waals surface area contributed by atoms with Crippen LogP contribution in [0.4, 0.5) is 5.69 Å². The molecule has 0 atom stereocenters. The highest BCUT2D eigenvalue weighted by atomic mass is 32.2. The Bertz CT molecular complexity index is 991. The summed E-state index contributed by atoms with van der Waals surface area (Å²) in [6.45, 7) is 0. The number of methoxy groups -OCH3 is 3. The van der Waals surface area contributed by atoms with Crippen molar-refractivity contribution in [2.24, 2.45) is 0 Å². The molecule has 3 rings (SSSR count). The Morgan fingerprint density at radius 2 is 1.76 bits per heavy atom. The van der Waals surface area contributed by atoms with Crippen molar-refractivity contribution in [1.82, 2.24) is 14.9 Å². The van der Waals surface area contributed by atoms with Crippen molar-refractivity contribution in [3.05, 3.63) is 42.5 Å². The Kier molecular flexibility index (Phi) is 6.45. The van der Waals surface area contributed by atoms with Crippen molar-refractivity contribution in [2.45, 2.75) is 5.16 Å². The fourth-order valence-electron chi connectivity index (χ4n) is 2.55. The van der Waals surface area contributed by atoms with Gasteiger partial charge >= 0.3 is 0 Å². The predicted molar refractivity (Wildman–Crippen MR) is 111 cm³/mol. The lowest BCUT2D eigenvalue weighted by Crippen LogP contribution is -2.16. The molecule has 0 saturated heterocycles. The summed E-state index contributed by atoms with van der Waals surface area (Å²) >= 11 is 1.19. The van der Waals surface area contributed by atoms with Gasteiger partial charge in [0, 0.05) is 11.3 Å². The molecule has 29 heavy (non-hydrogen) atoms. The van der Waals surface area contributed by atoms with Gasteiger partial charge in [-0.1, -0.05) is 11.8 Å². The molecule has 0 fully saturated rings. The van der Waals surface area contributed by atoms with E-state index < -0.39 is 0 Å². The Hall–Kier alpha value is -3.40. The molecule has 0 radical (unpaired) electrons. The molecule has 9 nitrogen and oxygen atoms in total. The van der Waals surface area contributed by atoms with E-state index in [1.54, 1.807) is 63.8 Å². The van der Waals surface area contributed by atoms with Crippen molar-refractivity contribution in [3.63, 3.8) is 0 Å². The number of nitrogen functional groups attached to an aromatic ring is 1. The first kappa shape index (κ1) is 20.3. The van der Waals surface area contributed by atoms with Crippen LogP contribution in [0.2, 0.25) is 0 Å². The topological polar surface area (TPSA) is 114 Å². The van der Waals surface area contributed by atoms with E-state index in [-0.39, 0.29) is 11.7 Å². The number of nitrogens with two attached hydrogens (primary N) is 1. The number of rotatable bonds is 8. The molecule has 3 N–H and O–H groups in total. The fourth-order valence-corrected chi connectivity index (χ4v) is 3.21. The van der Waals surface area contributed by atoms with E-state index in [1.807, 2.05) is 0 Å². The van der Waals surface area contributed by atoms with Crippen LogP contribution in [0.5, 0.6) is 17.2 Å². The van der Waals surface area contributed by atoms with Gasteiger partial charge in [-0.3, -0.25) is 4.79 Å². The molecule has 0 aliphatic rings. The van der Waals surface area contributed by atoms with Gasteiger partial charge in [0.2, 0.25) is 11.1 Å². The van der Waals surface area contributed by atoms with Gasteiger partial charge in [-0.2, -0.15) is 0 Å². The summed E-state index contributed by atoms with van der Waals surface area (Å²) in [5.41, 5.74) is 1.39. The van der Waals surface area contributed by atoms with Gasteiger partial charge in [0.1, 0.15) is 5.75 Å². The van der Waals surface area contributed by atoms with Crippen LogP contribution >= 0.6 is 11.8 Å². The number of aromatic nitrogens is 3. The molecule has 0 unspecified atom stereocenters. The van der Waals surface area contributed by atoms with Crippen LogP contribution < -0.4 is 25.4 Å². The van der Waals surface area contributed by atoms with Gasteiger partial charge in [0.05, 0.1) is 27.1 Å². The third-order valence-electron chi connectivity index (χ3n) is 4.01. The van der Waals surface area contributed by atoms with Crippen LogP contribution in [0.3, 0.4) is 0 Å². The molecule has 10 heteroatoms. The number of ether oxygens (including phenoxy) is 3. The van der Waals surface area contributed by atoms with Crippen LogP contribution in [0.15, 0.2) is 47.6 Å². The highest BCUT2D eigenvalue weighted by molar-refractivity contribution is 7.99. The zero-order valence-corrected chi connectivity index (χ0v) is 17.0. The molecule has 0 spiro atoms. The van der Waals surface area contributed by atoms with Crippen LogP contribution in [0.1, 0.15) is 0 Å². The average molecular weight is 415 g/mol. The largest absolute Gasteiger partial charge is 0.497 e. The number of nitrogens with zero attached hydrogens (tertiary/aromatic N) is 3. The fraction of sp³-hybridized carbons (Fsp3) is 0.211. The summed E-state index contributed by atoms with van der Waals surface area (Å²) < 4.78 is 17.0. The van der Waals surface area contributed by atoms with Crippen molar-refractivity contribution in [1.29, 1.82) is 0 Å². The maximum Gasteiger partial charge on any atom is 0.234 e. The van der Waals surface area contributed by atoms with E-state index in [1.165, 1.54) is 16.4 Å². The molecule has 0 aliphatic carbocycles. The van der Waals surface area contributed by atoms with Crippen LogP contribution in [-0.4, -0.2) is 47.9 Å². The third-order valence-corrected chi connectivity index (χ3v) is 4.96. The van der Waals surface area contributed by atoms with Gasteiger partial charge in [0.15, 0.2) is 17.3 Å². The van der Waals surface area contributed by atoms with E-state index in [0.29, 0.717) is 33.7 Å². The smallest absolute Gasteiger partial charge is 0.234 e. The van der Waals surface area contributed by atoms with Crippen molar-refractivity contribution < 1.29 is 19.0 Å². The number of anilines is 1. The molecule has 2 aromatic carbocycles. The molecule has 1 amide bonds. The minimum atomic E-state index is -0.184. The Balaban J connectivity index is 1.65. The normalized spacial score (nSPS) is 10.4. The van der Waals surface area contributed by atoms with E-state index in [2.05, 4.69) is 15.5 Å². The second-order valence-electron chi connectivity index (χ2n) is 5.81. The summed E-state index contributed by atoms with van der Waals surface area (Å²) in [5.74, 6) is 8.39. The number of hydrogen-bond acceptors (Lipinski definition) is 8. The standard InChI is InChI=1S/C19H21N5O4S/c1-26-14-7-5-13(6-8-14)21-17(25)11-29-19-23-22-18(24(19)20)12-4-9-15(27-2)16(10-12)28-3/h4-10H,11,20H2,1-3H3,(H,21,25). The number of thioether (sulfide) groups is 1. The predicted octanol–water partition coefficient (Wildman–Crippen LogP) is 2.42. The Morgan fingerprint density at radius 1 is 1.03 bits per heavy atom. The second-order valence-corrected chi connectivity index (χ2v) is 6.75. The van der Waals surface area contributed by atoms with Gasteiger partial charge in [-0.25, -0.2) is 4.68 Å². The first-order valence-electron chi connectivity index (χ1n) is 8.55. The zero-order chi connectivity index (χ0) is 20.8. The van der Waals surface area contributed by atoms with Gasteiger partial charge in [0.25, 0.3) is 0 Å². The summed E-state index contributed by atoms with van der Waals surface area (Å²) in [4.78, 5) is 12.2. The van der Waals surface area contributed by atoms with Crippen LogP contribution in [-0.2, 0) is 4.79 Å². The lowest BCUT2D eigenvalue weighted by atomic mass is 10.2. The third kappa shape index (κ3) is 4.72. The molecule has 1 aromatic heterocycles. The lowest BCUT2D eigenvalue weighted by molar-refractivity contribution is -0.113. The molecular formula is C19H21N5O4S. The maximum absolute atomic E-state index is 12.2. The van der Waals surface area contributed by atoms with Gasteiger partial charge in [-0.15, -0.1) is 10.2 Å². The number of nitrogens with one attached hydrogen (secondary N) is 1. The van der Waals surface area contributed by atoms with Crippen molar-refractivity contribution >= 4 is 23.4 Å². The summed E-state index contributed by atoms with van der Waals surface area (Å²) in [5, 5.41) is 11.4. The number of hydrogen-bond donors (Lipinski definition) is 2. The molecule has 0 bridgehead atoms. The molecule has 3 aromatic rings. The summed E-state index contributed by atoms with van der Waals surface area (Å²) in [6, 6.07) is 12.4. The lowest BCUT2D eigenvalue weighted by Gasteiger charge is -2.09. The number of carbonyl (C=O) groups is 1. The zero-order valence-electron chi connectivity index (χ0n) is 16.2. The highest BCUT2D eigenvalue weighted by Crippen LogP contribution is 2.32. The maximum atomic E-state index is 12.2. The molecule has 0 aliphatic heterocycles. The molecular weight excluding hydrogens is 394 g/mol. The van der Waals surface area contributed by atoms with Crippen molar-refractivity contribution in [3.8, 4) is 28.6 Å². The summed E-state index contributed by atoms with van der Waals surface area (Å²) in [6.07, 6.45) is 0. The average Bonchev–Trinajstić information content (AvgIpc) is 3.12. The Labute approximate surface area is 172 Å². The van der Waals surface area contributed by atoms with Crippen LogP contribution in [0, 0.1) is 0 Å². The quantitative estimate of drug-likeness (QED) is 0.426. The molecule has 1 heterocycles. The Morgan fingerprint density at radius 3 is 2.41 bits per heavy atom. The van der Waals surface area contributed by atoms with E-state index in [9.17, 15) is 4.79 Å². The summed E-state index contributed by atoms with van der Waals surface area (Å²) in [7, 11) is 4.70.